The van der Waals surface area contributed by atoms with Gasteiger partial charge in [-0.3, -0.25) is 0 Å². The topological polar surface area (TPSA) is 64.1 Å². The molecule has 0 saturated carbocycles. The van der Waals surface area contributed by atoms with Crippen molar-refractivity contribution in [1.29, 1.82) is 0 Å². The van der Waals surface area contributed by atoms with Crippen molar-refractivity contribution in [2.24, 2.45) is 0 Å². The number of hydrogen-bond donors (Lipinski definition) is 1. The van der Waals surface area contributed by atoms with Crippen molar-refractivity contribution in [3.63, 3.8) is 0 Å². The summed E-state index contributed by atoms with van der Waals surface area (Å²) in [6, 6.07) is 7.19. The second-order valence-electron chi connectivity index (χ2n) is 5.84. The van der Waals surface area contributed by atoms with E-state index in [2.05, 4.69) is 29.1 Å². The van der Waals surface area contributed by atoms with Gasteiger partial charge in [-0.2, -0.15) is 0 Å². The van der Waals surface area contributed by atoms with Crippen LogP contribution in [0.4, 0.5) is 11.5 Å². The number of benzene rings is 1. The third kappa shape index (κ3) is 4.08. The van der Waals surface area contributed by atoms with Crippen molar-refractivity contribution in [3.05, 3.63) is 46.6 Å². The molecule has 1 N–H and O–H groups in total. The SMILES string of the molecule is Cc1sc2ncnc(Nc3ccc(C(=O)OC(C)C)cc3)c2c1C.Cl. The first-order valence-corrected chi connectivity index (χ1v) is 8.56. The lowest BCUT2D eigenvalue weighted by Gasteiger charge is -2.10. The molecule has 0 aliphatic heterocycles. The fourth-order valence-corrected chi connectivity index (χ4v) is 3.38. The Morgan fingerprint density at radius 2 is 1.84 bits per heavy atom. The van der Waals surface area contributed by atoms with E-state index in [4.69, 9.17) is 4.74 Å². The molecule has 3 rings (SSSR count). The van der Waals surface area contributed by atoms with E-state index in [-0.39, 0.29) is 24.5 Å². The number of hydrogen-bond acceptors (Lipinski definition) is 6. The number of carbonyl (C=O) groups is 1. The first-order valence-electron chi connectivity index (χ1n) is 7.74. The summed E-state index contributed by atoms with van der Waals surface area (Å²) in [4.78, 5) is 22.8. The Hall–Kier alpha value is -2.18. The van der Waals surface area contributed by atoms with Gasteiger partial charge in [0.2, 0.25) is 0 Å². The largest absolute Gasteiger partial charge is 0.459 e. The summed E-state index contributed by atoms with van der Waals surface area (Å²) in [5.74, 6) is 0.463. The molecule has 0 aliphatic carbocycles. The maximum Gasteiger partial charge on any atom is 0.338 e. The Labute approximate surface area is 156 Å². The molecule has 132 valence electrons. The van der Waals surface area contributed by atoms with Crippen molar-refractivity contribution < 1.29 is 9.53 Å². The van der Waals surface area contributed by atoms with Crippen LogP contribution < -0.4 is 5.32 Å². The quantitative estimate of drug-likeness (QED) is 0.645. The molecule has 0 fully saturated rings. The van der Waals surface area contributed by atoms with Gasteiger partial charge < -0.3 is 10.1 Å². The second kappa shape index (κ2) is 7.80. The molecule has 7 heteroatoms. The van der Waals surface area contributed by atoms with Crippen LogP contribution in [0.15, 0.2) is 30.6 Å². The highest BCUT2D eigenvalue weighted by molar-refractivity contribution is 7.18. The minimum Gasteiger partial charge on any atom is -0.459 e. The van der Waals surface area contributed by atoms with Crippen molar-refractivity contribution in [1.82, 2.24) is 9.97 Å². The van der Waals surface area contributed by atoms with E-state index in [1.807, 2.05) is 26.0 Å². The number of fused-ring (bicyclic) bond motifs is 1. The molecule has 0 radical (unpaired) electrons. The van der Waals surface area contributed by atoms with Gasteiger partial charge in [0.05, 0.1) is 17.1 Å². The predicted molar refractivity (Wildman–Crippen MR) is 104 cm³/mol. The molecule has 5 nitrogen and oxygen atoms in total. The smallest absolute Gasteiger partial charge is 0.338 e. The van der Waals surface area contributed by atoms with Crippen LogP contribution in [0, 0.1) is 13.8 Å². The number of anilines is 2. The molecule has 25 heavy (non-hydrogen) atoms. The van der Waals surface area contributed by atoms with Crippen LogP contribution in [0.25, 0.3) is 10.2 Å². The molecule has 0 spiro atoms. The average Bonchev–Trinajstić information content (AvgIpc) is 2.83. The number of carbonyl (C=O) groups excluding carboxylic acids is 1. The monoisotopic (exact) mass is 377 g/mol. The maximum atomic E-state index is 11.9. The highest BCUT2D eigenvalue weighted by atomic mass is 35.5. The molecule has 3 aromatic rings. The Balaban J connectivity index is 0.00000225. The summed E-state index contributed by atoms with van der Waals surface area (Å²) < 4.78 is 5.19. The van der Waals surface area contributed by atoms with Gasteiger partial charge in [-0.05, 0) is 57.5 Å². The summed E-state index contributed by atoms with van der Waals surface area (Å²) in [5.41, 5.74) is 2.58. The summed E-state index contributed by atoms with van der Waals surface area (Å²) in [6.07, 6.45) is 1.43. The summed E-state index contributed by atoms with van der Waals surface area (Å²) in [5, 5.41) is 4.36. The molecular weight excluding hydrogens is 358 g/mol. The Bertz CT molecular complexity index is 891. The molecule has 0 amide bonds. The van der Waals surface area contributed by atoms with Crippen LogP contribution in [-0.2, 0) is 4.74 Å². The summed E-state index contributed by atoms with van der Waals surface area (Å²) in [7, 11) is 0. The number of nitrogens with zero attached hydrogens (tertiary/aromatic N) is 2. The number of halogens is 1. The fraction of sp³-hybridized carbons (Fsp3) is 0.278. The number of rotatable bonds is 4. The standard InChI is InChI=1S/C18H19N3O2S.ClH/c1-10(2)23-18(22)13-5-7-14(8-6-13)21-16-15-11(3)12(4)24-17(15)20-9-19-16;/h5-10H,1-4H3,(H,19,20,21);1H. The molecule has 0 saturated heterocycles. The molecule has 0 bridgehead atoms. The number of thiophene rings is 1. The van der Waals surface area contributed by atoms with Crippen LogP contribution in [0.2, 0.25) is 0 Å². The van der Waals surface area contributed by atoms with Gasteiger partial charge in [0, 0.05) is 10.6 Å². The number of aryl methyl sites for hydroxylation is 2. The van der Waals surface area contributed by atoms with E-state index < -0.39 is 0 Å². The van der Waals surface area contributed by atoms with Gasteiger partial charge >= 0.3 is 5.97 Å². The molecule has 2 aromatic heterocycles. The highest BCUT2D eigenvalue weighted by Gasteiger charge is 2.13. The van der Waals surface area contributed by atoms with Crippen molar-refractivity contribution in [2.45, 2.75) is 33.8 Å². The fourth-order valence-electron chi connectivity index (χ4n) is 2.39. The predicted octanol–water partition coefficient (Wildman–Crippen LogP) is 5.04. The minimum atomic E-state index is -0.315. The lowest BCUT2D eigenvalue weighted by Crippen LogP contribution is -2.11. The van der Waals surface area contributed by atoms with E-state index in [1.165, 1.54) is 10.4 Å². The molecule has 1 aromatic carbocycles. The van der Waals surface area contributed by atoms with Crippen LogP contribution in [0.3, 0.4) is 0 Å². The average molecular weight is 378 g/mol. The molecule has 0 unspecified atom stereocenters. The lowest BCUT2D eigenvalue weighted by atomic mass is 10.2. The number of esters is 1. The van der Waals surface area contributed by atoms with Crippen LogP contribution in [0.5, 0.6) is 0 Å². The lowest BCUT2D eigenvalue weighted by molar-refractivity contribution is 0.0378. The van der Waals surface area contributed by atoms with Gasteiger partial charge in [0.15, 0.2) is 0 Å². The zero-order valence-corrected chi connectivity index (χ0v) is 16.1. The molecular formula is C18H20ClN3O2S. The van der Waals surface area contributed by atoms with Gasteiger partial charge in [-0.25, -0.2) is 14.8 Å². The summed E-state index contributed by atoms with van der Waals surface area (Å²) in [6.45, 7) is 7.83. The van der Waals surface area contributed by atoms with Crippen molar-refractivity contribution in [3.8, 4) is 0 Å². The van der Waals surface area contributed by atoms with Gasteiger partial charge in [-0.1, -0.05) is 0 Å². The van der Waals surface area contributed by atoms with Gasteiger partial charge in [0.25, 0.3) is 0 Å². The maximum absolute atomic E-state index is 11.9. The van der Waals surface area contributed by atoms with Crippen molar-refractivity contribution >= 4 is 51.4 Å². The van der Waals surface area contributed by atoms with Crippen LogP contribution >= 0.6 is 23.7 Å². The van der Waals surface area contributed by atoms with E-state index in [0.29, 0.717) is 5.56 Å². The zero-order chi connectivity index (χ0) is 17.3. The van der Waals surface area contributed by atoms with Crippen molar-refractivity contribution in [2.75, 3.05) is 5.32 Å². The first-order chi connectivity index (χ1) is 11.5. The van der Waals surface area contributed by atoms with E-state index in [9.17, 15) is 4.79 Å². The van der Waals surface area contributed by atoms with E-state index >= 15 is 0 Å². The Morgan fingerprint density at radius 3 is 2.48 bits per heavy atom. The number of aromatic nitrogens is 2. The third-order valence-corrected chi connectivity index (χ3v) is 4.81. The first kappa shape index (κ1) is 19.1. The zero-order valence-electron chi connectivity index (χ0n) is 14.5. The molecule has 2 heterocycles. The summed E-state index contributed by atoms with van der Waals surface area (Å²) >= 11 is 1.66. The second-order valence-corrected chi connectivity index (χ2v) is 7.05. The minimum absolute atomic E-state index is 0. The number of nitrogens with one attached hydrogen (secondary N) is 1. The number of ether oxygens (including phenoxy) is 1. The normalized spacial score (nSPS) is 10.6. The third-order valence-electron chi connectivity index (χ3n) is 3.69. The van der Waals surface area contributed by atoms with Gasteiger partial charge in [-0.15, -0.1) is 23.7 Å². The van der Waals surface area contributed by atoms with Crippen LogP contribution in [0.1, 0.15) is 34.6 Å². The van der Waals surface area contributed by atoms with E-state index in [1.54, 1.807) is 29.8 Å². The molecule has 0 atom stereocenters. The molecule has 0 aliphatic rings. The van der Waals surface area contributed by atoms with Crippen LogP contribution in [-0.4, -0.2) is 22.0 Å². The van der Waals surface area contributed by atoms with E-state index in [0.717, 1.165) is 21.7 Å². The highest BCUT2D eigenvalue weighted by Crippen LogP contribution is 2.33. The Kier molecular flexibility index (Phi) is 5.98. The van der Waals surface area contributed by atoms with Gasteiger partial charge in [0.1, 0.15) is 17.0 Å². The Morgan fingerprint density at radius 1 is 1.16 bits per heavy atom.